The molecule has 6 nitrogen and oxygen atoms in total. The summed E-state index contributed by atoms with van der Waals surface area (Å²) in [7, 11) is 2.90. The predicted octanol–water partition coefficient (Wildman–Crippen LogP) is 1.26. The highest BCUT2D eigenvalue weighted by Gasteiger charge is 2.16. The molecule has 0 heterocycles. The van der Waals surface area contributed by atoms with Crippen LogP contribution in [0.1, 0.15) is 5.56 Å². The Morgan fingerprint density at radius 2 is 1.61 bits per heavy atom. The van der Waals surface area contributed by atoms with Crippen molar-refractivity contribution in [3.8, 4) is 11.5 Å². The third-order valence-corrected chi connectivity index (χ3v) is 2.18. The third kappa shape index (κ3) is 3.00. The molecule has 0 bridgehead atoms. The molecule has 0 aliphatic heterocycles. The van der Waals surface area contributed by atoms with E-state index in [1.807, 2.05) is 0 Å². The minimum absolute atomic E-state index is 0.390. The standard InChI is InChI=1S/C12H12O6/c1-17-9-4-3-7(6-10(9)18-2)5-8(11(13)14)12(15)16/h3-6H,1-2H3,(H,13,14)(H,15,16). The molecule has 0 aliphatic rings. The number of benzene rings is 1. The second-order valence-electron chi connectivity index (χ2n) is 3.28. The summed E-state index contributed by atoms with van der Waals surface area (Å²) in [5, 5.41) is 17.5. The van der Waals surface area contributed by atoms with Crippen molar-refractivity contribution < 1.29 is 29.3 Å². The van der Waals surface area contributed by atoms with Crippen LogP contribution in [-0.4, -0.2) is 36.4 Å². The normalized spacial score (nSPS) is 9.44. The quantitative estimate of drug-likeness (QED) is 0.465. The number of rotatable bonds is 5. The Morgan fingerprint density at radius 3 is 2.06 bits per heavy atom. The lowest BCUT2D eigenvalue weighted by molar-refractivity contribution is -0.140. The van der Waals surface area contributed by atoms with Crippen LogP contribution in [0.3, 0.4) is 0 Å². The number of carbonyl (C=O) groups is 2. The zero-order valence-electron chi connectivity index (χ0n) is 9.84. The molecular weight excluding hydrogens is 240 g/mol. The molecule has 6 heteroatoms. The second kappa shape index (κ2) is 5.72. The summed E-state index contributed by atoms with van der Waals surface area (Å²) >= 11 is 0. The first-order valence-electron chi connectivity index (χ1n) is 4.90. The maximum Gasteiger partial charge on any atom is 0.343 e. The van der Waals surface area contributed by atoms with Gasteiger partial charge in [0, 0.05) is 0 Å². The molecule has 0 amide bonds. The van der Waals surface area contributed by atoms with E-state index < -0.39 is 17.5 Å². The zero-order chi connectivity index (χ0) is 13.7. The topological polar surface area (TPSA) is 93.1 Å². The summed E-state index contributed by atoms with van der Waals surface area (Å²) in [5.41, 5.74) is -0.324. The molecular formula is C12H12O6. The van der Waals surface area contributed by atoms with Gasteiger partial charge in [-0.15, -0.1) is 0 Å². The monoisotopic (exact) mass is 252 g/mol. The summed E-state index contributed by atoms with van der Waals surface area (Å²) in [6.07, 6.45) is 1.05. The SMILES string of the molecule is COc1ccc(C=C(C(=O)O)C(=O)O)cc1OC. The van der Waals surface area contributed by atoms with Crippen molar-refractivity contribution in [1.29, 1.82) is 0 Å². The van der Waals surface area contributed by atoms with Crippen molar-refractivity contribution in [2.24, 2.45) is 0 Å². The van der Waals surface area contributed by atoms with Crippen LogP contribution in [-0.2, 0) is 9.59 Å². The first-order chi connectivity index (χ1) is 8.49. The zero-order valence-corrected chi connectivity index (χ0v) is 9.84. The summed E-state index contributed by atoms with van der Waals surface area (Å²) in [6, 6.07) is 4.59. The highest BCUT2D eigenvalue weighted by molar-refractivity contribution is 6.16. The van der Waals surface area contributed by atoms with E-state index in [1.165, 1.54) is 26.4 Å². The van der Waals surface area contributed by atoms with Crippen LogP contribution in [0.5, 0.6) is 11.5 Å². The summed E-state index contributed by atoms with van der Waals surface area (Å²) in [6.45, 7) is 0. The van der Waals surface area contributed by atoms with Gasteiger partial charge in [0.15, 0.2) is 11.5 Å². The van der Waals surface area contributed by atoms with E-state index in [2.05, 4.69) is 0 Å². The van der Waals surface area contributed by atoms with Gasteiger partial charge in [-0.05, 0) is 23.8 Å². The van der Waals surface area contributed by atoms with Crippen molar-refractivity contribution in [2.45, 2.75) is 0 Å². The Hall–Kier alpha value is -2.50. The van der Waals surface area contributed by atoms with Gasteiger partial charge in [-0.25, -0.2) is 9.59 Å². The van der Waals surface area contributed by atoms with Gasteiger partial charge in [0.25, 0.3) is 0 Å². The molecule has 0 aliphatic carbocycles. The summed E-state index contributed by atoms with van der Waals surface area (Å²) in [4.78, 5) is 21.4. The Labute approximate surface area is 103 Å². The lowest BCUT2D eigenvalue weighted by Crippen LogP contribution is -2.10. The molecule has 0 saturated heterocycles. The Bertz CT molecular complexity index is 487. The number of carboxylic acids is 2. The first kappa shape index (κ1) is 13.6. The molecule has 0 spiro atoms. The average molecular weight is 252 g/mol. The molecule has 0 atom stereocenters. The van der Waals surface area contributed by atoms with E-state index in [0.29, 0.717) is 17.1 Å². The average Bonchev–Trinajstić information content (AvgIpc) is 2.34. The maximum absolute atomic E-state index is 10.7. The van der Waals surface area contributed by atoms with Gasteiger partial charge in [0.05, 0.1) is 14.2 Å². The minimum atomic E-state index is -1.50. The Morgan fingerprint density at radius 1 is 1.06 bits per heavy atom. The van der Waals surface area contributed by atoms with Crippen molar-refractivity contribution in [1.82, 2.24) is 0 Å². The van der Waals surface area contributed by atoms with Crippen LogP contribution in [0.25, 0.3) is 6.08 Å². The van der Waals surface area contributed by atoms with Crippen molar-refractivity contribution in [3.05, 3.63) is 29.3 Å². The van der Waals surface area contributed by atoms with Crippen molar-refractivity contribution >= 4 is 18.0 Å². The highest BCUT2D eigenvalue weighted by atomic mass is 16.5. The van der Waals surface area contributed by atoms with Crippen LogP contribution < -0.4 is 9.47 Å². The molecule has 0 fully saturated rings. The van der Waals surface area contributed by atoms with E-state index in [0.717, 1.165) is 6.08 Å². The second-order valence-corrected chi connectivity index (χ2v) is 3.28. The lowest BCUT2D eigenvalue weighted by Gasteiger charge is -2.07. The first-order valence-corrected chi connectivity index (χ1v) is 4.90. The van der Waals surface area contributed by atoms with Gasteiger partial charge in [0.1, 0.15) is 5.57 Å². The molecule has 0 unspecified atom stereocenters. The van der Waals surface area contributed by atoms with E-state index >= 15 is 0 Å². The molecule has 1 aromatic carbocycles. The Balaban J connectivity index is 3.22. The molecule has 1 rings (SSSR count). The predicted molar refractivity (Wildman–Crippen MR) is 62.8 cm³/mol. The lowest BCUT2D eigenvalue weighted by atomic mass is 10.1. The van der Waals surface area contributed by atoms with Gasteiger partial charge < -0.3 is 19.7 Å². The van der Waals surface area contributed by atoms with Gasteiger partial charge >= 0.3 is 11.9 Å². The van der Waals surface area contributed by atoms with E-state index in [9.17, 15) is 9.59 Å². The molecule has 1 aromatic rings. The van der Waals surface area contributed by atoms with Gasteiger partial charge in [-0.2, -0.15) is 0 Å². The van der Waals surface area contributed by atoms with Gasteiger partial charge in [0.2, 0.25) is 0 Å². The Kier molecular flexibility index (Phi) is 4.31. The smallest absolute Gasteiger partial charge is 0.343 e. The number of carboxylic acid groups (broad SMARTS) is 2. The number of aliphatic carboxylic acids is 2. The van der Waals surface area contributed by atoms with Gasteiger partial charge in [-0.3, -0.25) is 0 Å². The van der Waals surface area contributed by atoms with Gasteiger partial charge in [-0.1, -0.05) is 6.07 Å². The van der Waals surface area contributed by atoms with Crippen LogP contribution in [0.2, 0.25) is 0 Å². The molecule has 96 valence electrons. The van der Waals surface area contributed by atoms with Crippen LogP contribution in [0, 0.1) is 0 Å². The maximum atomic E-state index is 10.7. The number of hydrogen-bond donors (Lipinski definition) is 2. The molecule has 2 N–H and O–H groups in total. The molecule has 18 heavy (non-hydrogen) atoms. The number of ether oxygens (including phenoxy) is 2. The van der Waals surface area contributed by atoms with E-state index in [1.54, 1.807) is 6.07 Å². The fourth-order valence-electron chi connectivity index (χ4n) is 1.32. The van der Waals surface area contributed by atoms with E-state index in [-0.39, 0.29) is 0 Å². The fourth-order valence-corrected chi connectivity index (χ4v) is 1.32. The van der Waals surface area contributed by atoms with Crippen LogP contribution in [0.4, 0.5) is 0 Å². The fraction of sp³-hybridized carbons (Fsp3) is 0.167. The van der Waals surface area contributed by atoms with Crippen molar-refractivity contribution in [3.63, 3.8) is 0 Å². The number of hydrogen-bond acceptors (Lipinski definition) is 4. The molecule has 0 saturated carbocycles. The van der Waals surface area contributed by atoms with E-state index in [4.69, 9.17) is 19.7 Å². The minimum Gasteiger partial charge on any atom is -0.493 e. The third-order valence-electron chi connectivity index (χ3n) is 2.18. The van der Waals surface area contributed by atoms with Crippen LogP contribution in [0.15, 0.2) is 23.8 Å². The molecule has 0 radical (unpaired) electrons. The summed E-state index contributed by atoms with van der Waals surface area (Å²) < 4.78 is 10.0. The van der Waals surface area contributed by atoms with Crippen LogP contribution >= 0.6 is 0 Å². The van der Waals surface area contributed by atoms with Crippen molar-refractivity contribution in [2.75, 3.05) is 14.2 Å². The summed E-state index contributed by atoms with van der Waals surface area (Å²) in [5.74, 6) is -2.14. The molecule has 0 aromatic heterocycles. The number of methoxy groups -OCH3 is 2. The highest BCUT2D eigenvalue weighted by Crippen LogP contribution is 2.28. The largest absolute Gasteiger partial charge is 0.493 e.